The van der Waals surface area contributed by atoms with Crippen molar-refractivity contribution in [3.8, 4) is 0 Å². The number of aromatic amines is 1. The summed E-state index contributed by atoms with van der Waals surface area (Å²) in [5, 5.41) is 0. The van der Waals surface area contributed by atoms with Gasteiger partial charge < -0.3 is 4.98 Å². The monoisotopic (exact) mass is 106 g/mol. The molecule has 1 rings (SSSR count). The Bertz CT molecular complexity index is 211. The zero-order valence-electron chi connectivity index (χ0n) is 4.09. The van der Waals surface area contributed by atoms with Gasteiger partial charge in [-0.1, -0.05) is 5.46 Å². The number of nitrogens with one attached hydrogen (secondary N) is 1. The zero-order valence-corrected chi connectivity index (χ0v) is 4.09. The summed E-state index contributed by atoms with van der Waals surface area (Å²) in [6, 6.07) is 0. The highest BCUT2D eigenvalue weighted by molar-refractivity contribution is 6.31. The van der Waals surface area contributed by atoms with Crippen LogP contribution in [0.2, 0.25) is 0 Å². The molecule has 0 atom stereocenters. The van der Waals surface area contributed by atoms with Gasteiger partial charge in [0.05, 0.1) is 0 Å². The van der Waals surface area contributed by atoms with Crippen LogP contribution in [0.5, 0.6) is 0 Å². The van der Waals surface area contributed by atoms with Gasteiger partial charge in [-0.15, -0.1) is 0 Å². The van der Waals surface area contributed by atoms with E-state index in [2.05, 4.69) is 9.97 Å². The van der Waals surface area contributed by atoms with Crippen molar-refractivity contribution in [2.24, 2.45) is 0 Å². The molecule has 2 radical (unpaired) electrons. The molecule has 0 aliphatic rings. The third kappa shape index (κ3) is 0.962. The first-order chi connectivity index (χ1) is 3.79. The lowest BCUT2D eigenvalue weighted by atomic mass is 10.0. The molecule has 0 saturated heterocycles. The first-order valence-electron chi connectivity index (χ1n) is 2.09. The number of hydrogen-bond donors (Lipinski definition) is 1. The summed E-state index contributed by atoms with van der Waals surface area (Å²) in [5.74, 6) is 0. The molecule has 0 saturated carbocycles. The number of nitrogens with zero attached hydrogens (tertiary/aromatic N) is 1. The number of H-pyrrole nitrogens is 1. The van der Waals surface area contributed by atoms with Crippen molar-refractivity contribution in [1.82, 2.24) is 9.97 Å². The normalized spacial score (nSPS) is 9.00. The minimum Gasteiger partial charge on any atom is -0.313 e. The van der Waals surface area contributed by atoms with E-state index in [9.17, 15) is 4.79 Å². The van der Waals surface area contributed by atoms with Crippen LogP contribution in [-0.4, -0.2) is 17.8 Å². The van der Waals surface area contributed by atoms with Gasteiger partial charge in [-0.05, 0) is 0 Å². The first kappa shape index (κ1) is 5.09. The standard InChI is InChI=1S/C4H3BN2O/c5-3-1-6-4(8)7-2-3/h1-2H,(H,6,7,8). The van der Waals surface area contributed by atoms with E-state index in [1.807, 2.05) is 0 Å². The van der Waals surface area contributed by atoms with Gasteiger partial charge in [0.2, 0.25) is 0 Å². The lowest BCUT2D eigenvalue weighted by molar-refractivity contribution is 1.09. The van der Waals surface area contributed by atoms with E-state index in [0.29, 0.717) is 5.46 Å². The van der Waals surface area contributed by atoms with E-state index in [4.69, 9.17) is 7.85 Å². The molecular formula is C4H3BN2O. The molecule has 1 aromatic heterocycles. The third-order valence-electron chi connectivity index (χ3n) is 0.693. The van der Waals surface area contributed by atoms with Crippen LogP contribution in [0.1, 0.15) is 0 Å². The maximum absolute atomic E-state index is 10.2. The van der Waals surface area contributed by atoms with Crippen molar-refractivity contribution in [1.29, 1.82) is 0 Å². The average Bonchev–Trinajstić information content (AvgIpc) is 1.77. The highest BCUT2D eigenvalue weighted by atomic mass is 16.1. The van der Waals surface area contributed by atoms with E-state index in [0.717, 1.165) is 0 Å². The summed E-state index contributed by atoms with van der Waals surface area (Å²) in [5.41, 5.74) is 0.0869. The average molecular weight is 106 g/mol. The highest BCUT2D eigenvalue weighted by Gasteiger charge is 1.79. The van der Waals surface area contributed by atoms with Crippen molar-refractivity contribution < 1.29 is 0 Å². The molecule has 4 heteroatoms. The molecular weight excluding hydrogens is 103 g/mol. The summed E-state index contributed by atoms with van der Waals surface area (Å²) in [4.78, 5) is 15.8. The Labute approximate surface area is 47.2 Å². The molecule has 0 aliphatic carbocycles. The lowest BCUT2D eigenvalue weighted by Gasteiger charge is -1.83. The van der Waals surface area contributed by atoms with Gasteiger partial charge in [0.25, 0.3) is 0 Å². The van der Waals surface area contributed by atoms with Crippen LogP contribution in [0.25, 0.3) is 0 Å². The summed E-state index contributed by atoms with van der Waals surface area (Å²) in [6.45, 7) is 0. The van der Waals surface area contributed by atoms with Gasteiger partial charge >= 0.3 is 5.69 Å². The highest BCUT2D eigenvalue weighted by Crippen LogP contribution is 1.56. The molecule has 38 valence electrons. The van der Waals surface area contributed by atoms with Crippen LogP contribution < -0.4 is 11.2 Å². The SMILES string of the molecule is [B]c1cnc(=O)[nH]c1. The van der Waals surface area contributed by atoms with E-state index in [1.54, 1.807) is 0 Å². The smallest absolute Gasteiger partial charge is 0.313 e. The van der Waals surface area contributed by atoms with Gasteiger partial charge in [-0.2, -0.15) is 0 Å². The van der Waals surface area contributed by atoms with Crippen LogP contribution >= 0.6 is 0 Å². The Morgan fingerprint density at radius 1 is 1.75 bits per heavy atom. The van der Waals surface area contributed by atoms with Crippen LogP contribution in [0.15, 0.2) is 17.2 Å². The molecule has 8 heavy (non-hydrogen) atoms. The molecule has 1 aromatic rings. The van der Waals surface area contributed by atoms with Gasteiger partial charge in [0.15, 0.2) is 0 Å². The fourth-order valence-corrected chi connectivity index (χ4v) is 0.353. The summed E-state index contributed by atoms with van der Waals surface area (Å²) < 4.78 is 0. The third-order valence-corrected chi connectivity index (χ3v) is 0.693. The second-order valence-electron chi connectivity index (χ2n) is 1.35. The van der Waals surface area contributed by atoms with Crippen molar-refractivity contribution in [3.05, 3.63) is 22.9 Å². The molecule has 1 heterocycles. The van der Waals surface area contributed by atoms with Gasteiger partial charge in [-0.25, -0.2) is 9.78 Å². The summed E-state index contributed by atoms with van der Waals surface area (Å²) in [7, 11) is 5.19. The topological polar surface area (TPSA) is 45.8 Å². The fourth-order valence-electron chi connectivity index (χ4n) is 0.353. The molecule has 1 N–H and O–H groups in total. The predicted octanol–water partition coefficient (Wildman–Crippen LogP) is -1.44. The van der Waals surface area contributed by atoms with E-state index in [-0.39, 0.29) is 5.69 Å². The fraction of sp³-hybridized carbons (Fsp3) is 0. The Hall–Kier alpha value is -1.06. The van der Waals surface area contributed by atoms with Gasteiger partial charge in [0.1, 0.15) is 7.85 Å². The first-order valence-corrected chi connectivity index (χ1v) is 2.09. The van der Waals surface area contributed by atoms with Crippen LogP contribution in [0, 0.1) is 0 Å². The lowest BCUT2D eigenvalue weighted by Crippen LogP contribution is -2.15. The molecule has 0 spiro atoms. The quantitative estimate of drug-likeness (QED) is 0.412. The van der Waals surface area contributed by atoms with Crippen LogP contribution in [0.4, 0.5) is 0 Å². The Kier molecular flexibility index (Phi) is 1.16. The minimum atomic E-state index is -0.376. The maximum atomic E-state index is 10.2. The van der Waals surface area contributed by atoms with E-state index >= 15 is 0 Å². The van der Waals surface area contributed by atoms with Crippen molar-refractivity contribution in [2.45, 2.75) is 0 Å². The van der Waals surface area contributed by atoms with Gasteiger partial charge in [-0.3, -0.25) is 0 Å². The molecule has 0 fully saturated rings. The van der Waals surface area contributed by atoms with Crippen molar-refractivity contribution in [2.75, 3.05) is 0 Å². The Balaban J connectivity index is 3.22. The number of rotatable bonds is 0. The van der Waals surface area contributed by atoms with E-state index < -0.39 is 0 Å². The van der Waals surface area contributed by atoms with Gasteiger partial charge in [0, 0.05) is 12.4 Å². The number of hydrogen-bond acceptors (Lipinski definition) is 2. The predicted molar refractivity (Wildman–Crippen MR) is 30.2 cm³/mol. The van der Waals surface area contributed by atoms with E-state index in [1.165, 1.54) is 12.4 Å². The largest absolute Gasteiger partial charge is 0.344 e. The molecule has 0 amide bonds. The summed E-state index contributed by atoms with van der Waals surface area (Å²) in [6.07, 6.45) is 2.70. The van der Waals surface area contributed by atoms with Crippen molar-refractivity contribution >= 4 is 13.3 Å². The molecule has 3 nitrogen and oxygen atoms in total. The summed E-state index contributed by atoms with van der Waals surface area (Å²) >= 11 is 0. The second-order valence-corrected chi connectivity index (χ2v) is 1.35. The Morgan fingerprint density at radius 2 is 2.50 bits per heavy atom. The minimum absolute atomic E-state index is 0.376. The molecule has 0 bridgehead atoms. The number of aromatic nitrogens is 2. The molecule has 0 aromatic carbocycles. The maximum Gasteiger partial charge on any atom is 0.344 e. The molecule has 0 aliphatic heterocycles. The van der Waals surface area contributed by atoms with Crippen LogP contribution in [-0.2, 0) is 0 Å². The second kappa shape index (κ2) is 1.82. The Morgan fingerprint density at radius 3 is 2.88 bits per heavy atom. The van der Waals surface area contributed by atoms with Crippen molar-refractivity contribution in [3.63, 3.8) is 0 Å². The van der Waals surface area contributed by atoms with Crippen LogP contribution in [0.3, 0.4) is 0 Å². The zero-order chi connectivity index (χ0) is 5.98. The molecule has 0 unspecified atom stereocenters.